The number of carbonyl (C=O) groups is 1. The zero-order valence-electron chi connectivity index (χ0n) is 18.4. The second-order valence-electron chi connectivity index (χ2n) is 7.92. The van der Waals surface area contributed by atoms with Crippen LogP contribution in [0, 0.1) is 10.1 Å². The fraction of sp³-hybridized carbons (Fsp3) is 0.167. The third kappa shape index (κ3) is 4.43. The molecule has 1 atom stereocenters. The van der Waals surface area contributed by atoms with E-state index in [0.717, 1.165) is 24.1 Å². The molecule has 1 aliphatic carbocycles. The number of benzene rings is 2. The number of nitro groups is 1. The molecule has 176 valence electrons. The number of hydrogen-bond acceptors (Lipinski definition) is 8. The lowest BCUT2D eigenvalue weighted by atomic mass is 10.0. The standard InChI is InChI=1S/C24H18ClN5O5/c1-34-24(31)27-17-6-2-13(3-7-17)22-28-29-23(35-22)18-8-4-14-10-15(12-26-21(14)18)19-11-16(25)5-9-20(19)30(32)33/h2-3,5-7,9-12,18H,4,8H2,1H3,(H,27,31). The minimum Gasteiger partial charge on any atom is -0.453 e. The highest BCUT2D eigenvalue weighted by Crippen LogP contribution is 2.40. The van der Waals surface area contributed by atoms with E-state index in [1.165, 1.54) is 19.2 Å². The Morgan fingerprint density at radius 1 is 1.17 bits per heavy atom. The van der Waals surface area contributed by atoms with Crippen molar-refractivity contribution in [3.8, 4) is 22.6 Å². The molecule has 0 bridgehead atoms. The molecule has 1 amide bonds. The normalized spacial score (nSPS) is 14.4. The quantitative estimate of drug-likeness (QED) is 0.281. The summed E-state index contributed by atoms with van der Waals surface area (Å²) in [6, 6.07) is 13.3. The van der Waals surface area contributed by atoms with Crippen molar-refractivity contribution in [1.82, 2.24) is 15.2 Å². The summed E-state index contributed by atoms with van der Waals surface area (Å²) in [5.41, 5.74) is 4.09. The van der Waals surface area contributed by atoms with Gasteiger partial charge in [-0.1, -0.05) is 11.6 Å². The molecule has 1 unspecified atom stereocenters. The number of carbonyl (C=O) groups excluding carboxylic acids is 1. The first-order valence-corrected chi connectivity index (χ1v) is 11.0. The van der Waals surface area contributed by atoms with Crippen LogP contribution in [0.25, 0.3) is 22.6 Å². The van der Waals surface area contributed by atoms with E-state index in [0.29, 0.717) is 39.2 Å². The van der Waals surface area contributed by atoms with Gasteiger partial charge in [-0.2, -0.15) is 0 Å². The number of nitro benzene ring substituents is 1. The molecule has 2 heterocycles. The summed E-state index contributed by atoms with van der Waals surface area (Å²) in [4.78, 5) is 27.0. The van der Waals surface area contributed by atoms with Gasteiger partial charge < -0.3 is 9.15 Å². The Bertz CT molecular complexity index is 1440. The minimum absolute atomic E-state index is 0.0277. The van der Waals surface area contributed by atoms with Gasteiger partial charge >= 0.3 is 6.09 Å². The maximum atomic E-state index is 11.5. The number of pyridine rings is 1. The average Bonchev–Trinajstić information content (AvgIpc) is 3.51. The van der Waals surface area contributed by atoms with Crippen LogP contribution in [0.1, 0.15) is 29.5 Å². The smallest absolute Gasteiger partial charge is 0.411 e. The second-order valence-corrected chi connectivity index (χ2v) is 8.35. The second kappa shape index (κ2) is 9.15. The van der Waals surface area contributed by atoms with Crippen LogP contribution in [0.3, 0.4) is 0 Å². The Hall–Kier alpha value is -4.31. The van der Waals surface area contributed by atoms with Crippen LogP contribution in [0.4, 0.5) is 16.2 Å². The summed E-state index contributed by atoms with van der Waals surface area (Å²) in [5.74, 6) is 0.628. The Kier molecular flexibility index (Phi) is 5.87. The Balaban J connectivity index is 1.39. The van der Waals surface area contributed by atoms with Gasteiger partial charge in [0.15, 0.2) is 0 Å². The molecule has 10 nitrogen and oxygen atoms in total. The summed E-state index contributed by atoms with van der Waals surface area (Å²) in [6.45, 7) is 0. The number of anilines is 1. The molecule has 35 heavy (non-hydrogen) atoms. The van der Waals surface area contributed by atoms with Crippen LogP contribution < -0.4 is 5.32 Å². The SMILES string of the molecule is COC(=O)Nc1ccc(-c2nnc(C3CCc4cc(-c5cc(Cl)ccc5[N+](=O)[O-])cnc43)o2)cc1. The van der Waals surface area contributed by atoms with Crippen LogP contribution in [0.2, 0.25) is 5.02 Å². The molecule has 11 heteroatoms. The first-order valence-electron chi connectivity index (χ1n) is 10.6. The van der Waals surface area contributed by atoms with Crippen LogP contribution in [-0.4, -0.2) is 33.3 Å². The molecule has 0 aliphatic heterocycles. The number of nitrogens with one attached hydrogen (secondary N) is 1. The fourth-order valence-electron chi connectivity index (χ4n) is 4.11. The third-order valence-electron chi connectivity index (χ3n) is 5.80. The lowest BCUT2D eigenvalue weighted by molar-refractivity contribution is -0.384. The van der Waals surface area contributed by atoms with Crippen molar-refractivity contribution in [2.45, 2.75) is 18.8 Å². The number of hydrogen-bond donors (Lipinski definition) is 1. The molecule has 5 rings (SSSR count). The average molecular weight is 492 g/mol. The monoisotopic (exact) mass is 491 g/mol. The minimum atomic E-state index is -0.557. The van der Waals surface area contributed by atoms with Gasteiger partial charge in [0.25, 0.3) is 5.69 Å². The highest BCUT2D eigenvalue weighted by molar-refractivity contribution is 6.31. The van der Waals surface area contributed by atoms with Crippen molar-refractivity contribution in [2.75, 3.05) is 12.4 Å². The van der Waals surface area contributed by atoms with Crippen molar-refractivity contribution >= 4 is 29.1 Å². The van der Waals surface area contributed by atoms with E-state index in [1.54, 1.807) is 36.5 Å². The lowest BCUT2D eigenvalue weighted by Gasteiger charge is -2.08. The van der Waals surface area contributed by atoms with Crippen LogP contribution in [-0.2, 0) is 11.2 Å². The highest BCUT2D eigenvalue weighted by atomic mass is 35.5. The van der Waals surface area contributed by atoms with E-state index >= 15 is 0 Å². The van der Waals surface area contributed by atoms with Gasteiger partial charge in [-0.25, -0.2) is 4.79 Å². The Morgan fingerprint density at radius 3 is 2.71 bits per heavy atom. The Morgan fingerprint density at radius 2 is 1.97 bits per heavy atom. The maximum absolute atomic E-state index is 11.5. The predicted molar refractivity (Wildman–Crippen MR) is 127 cm³/mol. The Labute approximate surface area is 204 Å². The summed E-state index contributed by atoms with van der Waals surface area (Å²) in [7, 11) is 1.29. The van der Waals surface area contributed by atoms with Crippen molar-refractivity contribution in [3.63, 3.8) is 0 Å². The first-order chi connectivity index (χ1) is 16.9. The lowest BCUT2D eigenvalue weighted by Crippen LogP contribution is -2.10. The molecular weight excluding hydrogens is 474 g/mol. The highest BCUT2D eigenvalue weighted by Gasteiger charge is 2.31. The fourth-order valence-corrected chi connectivity index (χ4v) is 4.29. The zero-order valence-corrected chi connectivity index (χ0v) is 19.2. The molecule has 2 aromatic heterocycles. The van der Waals surface area contributed by atoms with Crippen molar-refractivity contribution in [1.29, 1.82) is 0 Å². The predicted octanol–water partition coefficient (Wildman–Crippen LogP) is 5.62. The first kappa shape index (κ1) is 22.5. The number of nitrogens with zero attached hydrogens (tertiary/aromatic N) is 4. The van der Waals surface area contributed by atoms with E-state index in [9.17, 15) is 14.9 Å². The zero-order chi connectivity index (χ0) is 24.5. The molecule has 0 saturated heterocycles. The summed E-state index contributed by atoms with van der Waals surface area (Å²) in [5, 5.41) is 22.9. The van der Waals surface area contributed by atoms with E-state index in [-0.39, 0.29) is 11.6 Å². The van der Waals surface area contributed by atoms with Crippen LogP contribution in [0.15, 0.2) is 59.1 Å². The van der Waals surface area contributed by atoms with Gasteiger partial charge in [0, 0.05) is 34.1 Å². The molecule has 1 N–H and O–H groups in total. The number of fused-ring (bicyclic) bond motifs is 1. The van der Waals surface area contributed by atoms with Crippen LogP contribution >= 0.6 is 11.6 Å². The van der Waals surface area contributed by atoms with Crippen molar-refractivity contribution in [3.05, 3.63) is 87.0 Å². The number of methoxy groups -OCH3 is 1. The van der Waals surface area contributed by atoms with Gasteiger partial charge in [0.05, 0.1) is 29.2 Å². The number of aryl methyl sites for hydroxylation is 1. The molecule has 0 spiro atoms. The number of amides is 1. The molecule has 0 saturated carbocycles. The topological polar surface area (TPSA) is 133 Å². The van der Waals surface area contributed by atoms with Gasteiger partial charge in [-0.3, -0.25) is 20.4 Å². The van der Waals surface area contributed by atoms with E-state index in [4.69, 9.17) is 16.0 Å². The number of aromatic nitrogens is 3. The van der Waals surface area contributed by atoms with E-state index < -0.39 is 11.0 Å². The van der Waals surface area contributed by atoms with Gasteiger partial charge in [0.1, 0.15) is 0 Å². The molecule has 0 radical (unpaired) electrons. The summed E-state index contributed by atoms with van der Waals surface area (Å²) >= 11 is 6.09. The van der Waals surface area contributed by atoms with Gasteiger partial charge in [0.2, 0.25) is 11.8 Å². The maximum Gasteiger partial charge on any atom is 0.411 e. The number of rotatable bonds is 5. The summed E-state index contributed by atoms with van der Waals surface area (Å²) in [6.07, 6.45) is 2.51. The molecule has 0 fully saturated rings. The van der Waals surface area contributed by atoms with Gasteiger partial charge in [-0.05, 0) is 60.9 Å². The molecule has 1 aliphatic rings. The third-order valence-corrected chi connectivity index (χ3v) is 6.04. The molecule has 4 aromatic rings. The van der Waals surface area contributed by atoms with E-state index in [1.807, 2.05) is 6.07 Å². The van der Waals surface area contributed by atoms with Crippen molar-refractivity contribution in [2.24, 2.45) is 0 Å². The van der Waals surface area contributed by atoms with Crippen LogP contribution in [0.5, 0.6) is 0 Å². The molecular formula is C24H18ClN5O5. The molecule has 2 aromatic carbocycles. The largest absolute Gasteiger partial charge is 0.453 e. The van der Waals surface area contributed by atoms with E-state index in [2.05, 4.69) is 25.2 Å². The number of ether oxygens (including phenoxy) is 1. The summed E-state index contributed by atoms with van der Waals surface area (Å²) < 4.78 is 10.5. The van der Waals surface area contributed by atoms with Crippen molar-refractivity contribution < 1.29 is 18.9 Å². The van der Waals surface area contributed by atoms with Gasteiger partial charge in [-0.15, -0.1) is 10.2 Å². The number of halogens is 1.